The van der Waals surface area contributed by atoms with Gasteiger partial charge in [-0.1, -0.05) is 23.7 Å². The molecule has 2 aromatic rings. The normalized spacial score (nSPS) is 25.1. The van der Waals surface area contributed by atoms with Crippen LogP contribution in [-0.2, 0) is 16.4 Å². The summed E-state index contributed by atoms with van der Waals surface area (Å²) in [7, 11) is -3.36. The molecule has 1 aromatic heterocycles. The van der Waals surface area contributed by atoms with E-state index in [9.17, 15) is 8.42 Å². The van der Waals surface area contributed by atoms with Crippen molar-refractivity contribution < 1.29 is 12.9 Å². The minimum Gasteiger partial charge on any atom is -0.356 e. The molecule has 0 amide bonds. The first-order valence-corrected chi connectivity index (χ1v) is 11.1. The van der Waals surface area contributed by atoms with E-state index in [0.717, 1.165) is 50.8 Å². The van der Waals surface area contributed by atoms with Crippen molar-refractivity contribution in [2.75, 3.05) is 31.9 Å². The number of hydrogen-bond donors (Lipinski definition) is 2. The first-order chi connectivity index (χ1) is 12.6. The van der Waals surface area contributed by atoms with Gasteiger partial charge in [0, 0.05) is 50.1 Å². The molecule has 1 aromatic carbocycles. The average Bonchev–Trinajstić information content (AvgIpc) is 3.27. The molecule has 2 atom stereocenters. The maximum Gasteiger partial charge on any atom is 0.212 e. The number of sulfonamides is 1. The molecule has 0 spiro atoms. The van der Waals surface area contributed by atoms with Crippen LogP contribution in [0.25, 0.3) is 11.0 Å². The molecular formula is C18H26N4O3S. The van der Waals surface area contributed by atoms with E-state index in [1.807, 2.05) is 24.3 Å². The van der Waals surface area contributed by atoms with Gasteiger partial charge in [0.1, 0.15) is 0 Å². The van der Waals surface area contributed by atoms with Crippen molar-refractivity contribution in [1.29, 1.82) is 0 Å². The van der Waals surface area contributed by atoms with Gasteiger partial charge < -0.3 is 9.84 Å². The molecule has 2 heterocycles. The Morgan fingerprint density at radius 1 is 1.23 bits per heavy atom. The maximum absolute atomic E-state index is 12.6. The smallest absolute Gasteiger partial charge is 0.212 e. The maximum atomic E-state index is 12.6. The van der Waals surface area contributed by atoms with Gasteiger partial charge in [-0.05, 0) is 25.0 Å². The summed E-state index contributed by atoms with van der Waals surface area (Å²) in [6.07, 6.45) is 3.43. The molecule has 1 saturated carbocycles. The minimum atomic E-state index is -3.36. The van der Waals surface area contributed by atoms with Crippen LogP contribution in [0, 0.1) is 0 Å². The summed E-state index contributed by atoms with van der Waals surface area (Å²) in [5.74, 6) is 0.0360. The van der Waals surface area contributed by atoms with Crippen LogP contribution in [0.15, 0.2) is 28.8 Å². The summed E-state index contributed by atoms with van der Waals surface area (Å²) < 4.78 is 33.5. The third kappa shape index (κ3) is 3.93. The van der Waals surface area contributed by atoms with Gasteiger partial charge in [0.05, 0.1) is 11.4 Å². The lowest BCUT2D eigenvalue weighted by Gasteiger charge is -2.36. The second-order valence-corrected chi connectivity index (χ2v) is 9.08. The van der Waals surface area contributed by atoms with Crippen LogP contribution in [0.2, 0.25) is 0 Å². The molecule has 4 rings (SSSR count). The number of nitrogens with one attached hydrogen (secondary N) is 2. The van der Waals surface area contributed by atoms with E-state index in [1.54, 1.807) is 0 Å². The van der Waals surface area contributed by atoms with E-state index in [2.05, 4.69) is 20.1 Å². The molecule has 2 aliphatic rings. The third-order valence-electron chi connectivity index (χ3n) is 5.49. The van der Waals surface area contributed by atoms with Gasteiger partial charge in [0.25, 0.3) is 0 Å². The van der Waals surface area contributed by atoms with Gasteiger partial charge in [0.15, 0.2) is 5.58 Å². The van der Waals surface area contributed by atoms with E-state index >= 15 is 0 Å². The summed E-state index contributed by atoms with van der Waals surface area (Å²) in [5.41, 5.74) is 1.40. The zero-order chi connectivity index (χ0) is 18.0. The van der Waals surface area contributed by atoms with Crippen molar-refractivity contribution >= 4 is 21.0 Å². The van der Waals surface area contributed by atoms with Crippen LogP contribution in [0.4, 0.5) is 0 Å². The third-order valence-corrected chi connectivity index (χ3v) is 6.89. The molecule has 0 unspecified atom stereocenters. The number of piperazine rings is 1. The molecule has 2 N–H and O–H groups in total. The molecule has 1 aliphatic heterocycles. The van der Waals surface area contributed by atoms with Crippen molar-refractivity contribution in [1.82, 2.24) is 20.1 Å². The van der Waals surface area contributed by atoms with Gasteiger partial charge in [0.2, 0.25) is 10.0 Å². The Morgan fingerprint density at radius 3 is 2.88 bits per heavy atom. The van der Waals surface area contributed by atoms with Gasteiger partial charge in [-0.25, -0.2) is 13.1 Å². The monoisotopic (exact) mass is 378 g/mol. The molecule has 0 bridgehead atoms. The first-order valence-electron chi connectivity index (χ1n) is 9.40. The van der Waals surface area contributed by atoms with E-state index in [0.29, 0.717) is 23.7 Å². The highest BCUT2D eigenvalue weighted by Gasteiger charge is 2.35. The van der Waals surface area contributed by atoms with Crippen LogP contribution in [0.1, 0.15) is 25.0 Å². The molecule has 1 aliphatic carbocycles. The van der Waals surface area contributed by atoms with Crippen molar-refractivity contribution in [3.8, 4) is 0 Å². The molecule has 0 radical (unpaired) electrons. The summed E-state index contributed by atoms with van der Waals surface area (Å²) in [6.45, 7) is 3.95. The van der Waals surface area contributed by atoms with Crippen molar-refractivity contribution in [3.05, 3.63) is 30.0 Å². The van der Waals surface area contributed by atoms with Crippen LogP contribution in [0.3, 0.4) is 0 Å². The molecule has 7 nitrogen and oxygen atoms in total. The van der Waals surface area contributed by atoms with Crippen molar-refractivity contribution in [2.24, 2.45) is 0 Å². The van der Waals surface area contributed by atoms with E-state index in [4.69, 9.17) is 4.52 Å². The number of aromatic nitrogens is 1. The molecule has 1 saturated heterocycles. The Hall–Kier alpha value is -1.48. The first kappa shape index (κ1) is 17.9. The fraction of sp³-hybridized carbons (Fsp3) is 0.611. The van der Waals surface area contributed by atoms with Crippen LogP contribution in [-0.4, -0.2) is 62.5 Å². The van der Waals surface area contributed by atoms with Crippen molar-refractivity contribution in [2.45, 2.75) is 37.8 Å². The minimum absolute atomic E-state index is 0.0205. The van der Waals surface area contributed by atoms with Gasteiger partial charge in [-0.3, -0.25) is 4.90 Å². The molecule has 8 heteroatoms. The van der Waals surface area contributed by atoms with E-state index < -0.39 is 10.0 Å². The number of fused-ring (bicyclic) bond motifs is 1. The Bertz CT molecular complexity index is 845. The van der Waals surface area contributed by atoms with Gasteiger partial charge in [-0.2, -0.15) is 0 Å². The fourth-order valence-electron chi connectivity index (χ4n) is 4.17. The van der Waals surface area contributed by atoms with Crippen LogP contribution >= 0.6 is 0 Å². The average molecular weight is 378 g/mol. The Kier molecular flexibility index (Phi) is 5.26. The number of nitrogens with zero attached hydrogens (tertiary/aromatic N) is 2. The van der Waals surface area contributed by atoms with Crippen molar-refractivity contribution in [3.63, 3.8) is 0 Å². The number of aryl methyl sites for hydroxylation is 1. The number of benzene rings is 1. The number of hydrogen-bond acceptors (Lipinski definition) is 6. The highest BCUT2D eigenvalue weighted by molar-refractivity contribution is 7.89. The highest BCUT2D eigenvalue weighted by atomic mass is 32.2. The standard InChI is InChI=1S/C18H26N4O3S/c23-26(24,13-8-15-14-4-1-2-7-18(14)25-20-15)21-16-5-3-6-17(16)22-11-9-19-10-12-22/h1-2,4,7,16-17,19,21H,3,5-6,8-13H2/t16-,17+/m1/s1. The SMILES string of the molecule is O=S(=O)(CCc1noc2ccccc12)N[C@@H]1CCC[C@@H]1N1CCNCC1. The lowest BCUT2D eigenvalue weighted by molar-refractivity contribution is 0.159. The summed E-state index contributed by atoms with van der Waals surface area (Å²) in [4.78, 5) is 2.43. The van der Waals surface area contributed by atoms with Gasteiger partial charge in [-0.15, -0.1) is 0 Å². The largest absolute Gasteiger partial charge is 0.356 e. The zero-order valence-electron chi connectivity index (χ0n) is 14.9. The molecule has 142 valence electrons. The lowest BCUT2D eigenvalue weighted by Crippen LogP contribution is -2.54. The lowest BCUT2D eigenvalue weighted by atomic mass is 10.1. The topological polar surface area (TPSA) is 87.5 Å². The fourth-order valence-corrected chi connectivity index (χ4v) is 5.48. The number of rotatable bonds is 6. The van der Waals surface area contributed by atoms with Crippen LogP contribution < -0.4 is 10.0 Å². The summed E-state index contributed by atoms with van der Waals surface area (Å²) in [5, 5.41) is 8.28. The van der Waals surface area contributed by atoms with Crippen LogP contribution in [0.5, 0.6) is 0 Å². The van der Waals surface area contributed by atoms with Gasteiger partial charge >= 0.3 is 0 Å². The Labute approximate surface area is 154 Å². The quantitative estimate of drug-likeness (QED) is 0.783. The second-order valence-electron chi connectivity index (χ2n) is 7.20. The summed E-state index contributed by atoms with van der Waals surface area (Å²) in [6, 6.07) is 7.89. The second kappa shape index (κ2) is 7.64. The van der Waals surface area contributed by atoms with E-state index in [-0.39, 0.29) is 11.8 Å². The number of para-hydroxylation sites is 1. The molecular weight excluding hydrogens is 352 g/mol. The Balaban J connectivity index is 1.38. The zero-order valence-corrected chi connectivity index (χ0v) is 15.7. The predicted molar refractivity (Wildman–Crippen MR) is 101 cm³/mol. The predicted octanol–water partition coefficient (Wildman–Crippen LogP) is 1.12. The summed E-state index contributed by atoms with van der Waals surface area (Å²) >= 11 is 0. The van der Waals surface area contributed by atoms with E-state index in [1.165, 1.54) is 0 Å². The molecule has 2 fully saturated rings. The molecule has 26 heavy (non-hydrogen) atoms. The highest BCUT2D eigenvalue weighted by Crippen LogP contribution is 2.25. The Morgan fingerprint density at radius 2 is 2.04 bits per heavy atom.